The molecule has 1 saturated heterocycles. The van der Waals surface area contributed by atoms with Crippen molar-refractivity contribution >= 4 is 23.3 Å². The number of halogens is 1. The summed E-state index contributed by atoms with van der Waals surface area (Å²) in [5.74, 6) is 1.34. The Balaban J connectivity index is 1.54. The normalized spacial score (nSPS) is 15.0. The van der Waals surface area contributed by atoms with E-state index in [-0.39, 0.29) is 11.9 Å². The van der Waals surface area contributed by atoms with Gasteiger partial charge in [-0.05, 0) is 31.2 Å². The van der Waals surface area contributed by atoms with Gasteiger partial charge in [0.05, 0.1) is 5.92 Å². The lowest BCUT2D eigenvalue weighted by Gasteiger charge is -2.36. The van der Waals surface area contributed by atoms with Crippen molar-refractivity contribution in [1.82, 2.24) is 15.0 Å². The van der Waals surface area contributed by atoms with Crippen LogP contribution >= 0.6 is 11.6 Å². The number of hydrogen-bond acceptors (Lipinski definition) is 4. The molecule has 0 aliphatic carbocycles. The summed E-state index contributed by atoms with van der Waals surface area (Å²) in [5, 5.41) is 7.20. The van der Waals surface area contributed by atoms with Crippen molar-refractivity contribution in [2.75, 3.05) is 18.4 Å². The molecule has 1 aromatic carbocycles. The smallest absolute Gasteiger partial charge is 0.321 e. The third-order valence-electron chi connectivity index (χ3n) is 3.16. The number of amides is 2. The van der Waals surface area contributed by atoms with E-state index < -0.39 is 0 Å². The molecule has 7 heteroatoms. The van der Waals surface area contributed by atoms with Crippen LogP contribution in [-0.4, -0.2) is 34.2 Å². The van der Waals surface area contributed by atoms with Crippen LogP contribution in [0.2, 0.25) is 5.02 Å². The third kappa shape index (κ3) is 2.60. The standard InChI is InChI=1S/C13H13ClN4O2/c1-8-15-12(20-17-8)9-6-18(7-9)13(19)16-11-4-2-10(14)3-5-11/h2-5,9H,6-7H2,1H3,(H,16,19). The van der Waals surface area contributed by atoms with Gasteiger partial charge in [-0.1, -0.05) is 16.8 Å². The van der Waals surface area contributed by atoms with Crippen molar-refractivity contribution in [3.63, 3.8) is 0 Å². The second-order valence-electron chi connectivity index (χ2n) is 4.72. The summed E-state index contributed by atoms with van der Waals surface area (Å²) >= 11 is 5.79. The zero-order valence-corrected chi connectivity index (χ0v) is 11.6. The number of urea groups is 1. The molecule has 1 fully saturated rings. The minimum Gasteiger partial charge on any atom is -0.339 e. The molecule has 0 spiro atoms. The lowest BCUT2D eigenvalue weighted by molar-refractivity contribution is 0.147. The zero-order valence-electron chi connectivity index (χ0n) is 10.8. The van der Waals surface area contributed by atoms with Crippen LogP contribution in [0.3, 0.4) is 0 Å². The number of aryl methyl sites for hydroxylation is 1. The molecular formula is C13H13ClN4O2. The summed E-state index contributed by atoms with van der Waals surface area (Å²) in [6.45, 7) is 2.94. The first-order valence-corrected chi connectivity index (χ1v) is 6.61. The SMILES string of the molecule is Cc1noc(C2CN(C(=O)Nc3ccc(Cl)cc3)C2)n1. The average molecular weight is 293 g/mol. The Morgan fingerprint density at radius 2 is 2.10 bits per heavy atom. The number of rotatable bonds is 2. The molecule has 3 rings (SSSR count). The summed E-state index contributed by atoms with van der Waals surface area (Å²) < 4.78 is 5.09. The molecule has 2 aromatic rings. The zero-order chi connectivity index (χ0) is 14.1. The van der Waals surface area contributed by atoms with Gasteiger partial charge in [0.1, 0.15) is 0 Å². The Bertz CT molecular complexity index is 620. The van der Waals surface area contributed by atoms with Crippen molar-refractivity contribution < 1.29 is 9.32 Å². The van der Waals surface area contributed by atoms with Crippen LogP contribution in [0.1, 0.15) is 17.6 Å². The highest BCUT2D eigenvalue weighted by Gasteiger charge is 2.35. The molecule has 0 bridgehead atoms. The maximum absolute atomic E-state index is 12.0. The highest BCUT2D eigenvalue weighted by atomic mass is 35.5. The molecule has 104 valence electrons. The third-order valence-corrected chi connectivity index (χ3v) is 3.41. The van der Waals surface area contributed by atoms with Crippen LogP contribution in [0.4, 0.5) is 10.5 Å². The molecule has 6 nitrogen and oxygen atoms in total. The van der Waals surface area contributed by atoms with Gasteiger partial charge < -0.3 is 14.7 Å². The van der Waals surface area contributed by atoms with Crippen molar-refractivity contribution in [2.24, 2.45) is 0 Å². The topological polar surface area (TPSA) is 71.3 Å². The molecule has 1 aliphatic heterocycles. The van der Waals surface area contributed by atoms with Gasteiger partial charge in [0, 0.05) is 23.8 Å². The Hall–Kier alpha value is -2.08. The quantitative estimate of drug-likeness (QED) is 0.923. The van der Waals surface area contributed by atoms with Gasteiger partial charge in [-0.3, -0.25) is 0 Å². The van der Waals surface area contributed by atoms with Gasteiger partial charge in [-0.25, -0.2) is 4.79 Å². The molecule has 2 heterocycles. The molecule has 0 unspecified atom stereocenters. The van der Waals surface area contributed by atoms with Crippen molar-refractivity contribution in [1.29, 1.82) is 0 Å². The van der Waals surface area contributed by atoms with Gasteiger partial charge in [-0.15, -0.1) is 0 Å². The first kappa shape index (κ1) is 12.9. The van der Waals surface area contributed by atoms with E-state index in [1.165, 1.54) is 0 Å². The number of anilines is 1. The highest BCUT2D eigenvalue weighted by Crippen LogP contribution is 2.26. The summed E-state index contributed by atoms with van der Waals surface area (Å²) in [6.07, 6.45) is 0. The predicted molar refractivity (Wildman–Crippen MR) is 73.8 cm³/mol. The van der Waals surface area contributed by atoms with Crippen LogP contribution in [-0.2, 0) is 0 Å². The Kier molecular flexibility index (Phi) is 3.31. The Morgan fingerprint density at radius 3 is 2.70 bits per heavy atom. The maximum Gasteiger partial charge on any atom is 0.321 e. The number of carbonyl (C=O) groups excluding carboxylic acids is 1. The van der Waals surface area contributed by atoms with E-state index in [1.807, 2.05) is 0 Å². The van der Waals surface area contributed by atoms with Crippen molar-refractivity contribution in [3.05, 3.63) is 41.0 Å². The van der Waals surface area contributed by atoms with Crippen LogP contribution in [0.5, 0.6) is 0 Å². The summed E-state index contributed by atoms with van der Waals surface area (Å²) in [7, 11) is 0. The van der Waals surface area contributed by atoms with E-state index in [1.54, 1.807) is 36.1 Å². The summed E-state index contributed by atoms with van der Waals surface area (Å²) in [5.41, 5.74) is 0.719. The maximum atomic E-state index is 12.0. The molecule has 1 N–H and O–H groups in total. The fourth-order valence-electron chi connectivity index (χ4n) is 2.02. The van der Waals surface area contributed by atoms with Crippen LogP contribution in [0.15, 0.2) is 28.8 Å². The number of likely N-dealkylation sites (tertiary alicyclic amines) is 1. The first-order chi connectivity index (χ1) is 9.61. The Labute approximate surface area is 120 Å². The Morgan fingerprint density at radius 1 is 1.40 bits per heavy atom. The fraction of sp³-hybridized carbons (Fsp3) is 0.308. The highest BCUT2D eigenvalue weighted by molar-refractivity contribution is 6.30. The van der Waals surface area contributed by atoms with Gasteiger partial charge in [-0.2, -0.15) is 4.98 Å². The monoisotopic (exact) mass is 292 g/mol. The second kappa shape index (κ2) is 5.13. The van der Waals surface area contributed by atoms with E-state index in [2.05, 4.69) is 15.5 Å². The average Bonchev–Trinajstić information content (AvgIpc) is 2.77. The van der Waals surface area contributed by atoms with E-state index in [0.29, 0.717) is 29.8 Å². The molecule has 1 aromatic heterocycles. The van der Waals surface area contributed by atoms with Crippen LogP contribution in [0, 0.1) is 6.92 Å². The number of carbonyl (C=O) groups is 1. The van der Waals surface area contributed by atoms with Gasteiger partial charge >= 0.3 is 6.03 Å². The number of benzene rings is 1. The molecule has 0 radical (unpaired) electrons. The predicted octanol–water partition coefficient (Wildman–Crippen LogP) is 2.66. The summed E-state index contributed by atoms with van der Waals surface area (Å²) in [4.78, 5) is 17.8. The number of hydrogen-bond donors (Lipinski definition) is 1. The summed E-state index contributed by atoms with van der Waals surface area (Å²) in [6, 6.07) is 6.85. The van der Waals surface area contributed by atoms with E-state index in [9.17, 15) is 4.79 Å². The molecule has 20 heavy (non-hydrogen) atoms. The van der Waals surface area contributed by atoms with Gasteiger partial charge in [0.2, 0.25) is 5.89 Å². The molecule has 1 aliphatic rings. The number of aromatic nitrogens is 2. The number of nitrogens with zero attached hydrogens (tertiary/aromatic N) is 3. The first-order valence-electron chi connectivity index (χ1n) is 6.23. The van der Waals surface area contributed by atoms with E-state index >= 15 is 0 Å². The van der Waals surface area contributed by atoms with E-state index in [4.69, 9.17) is 16.1 Å². The minimum atomic E-state index is -0.139. The van der Waals surface area contributed by atoms with Gasteiger partial charge in [0.15, 0.2) is 5.82 Å². The second-order valence-corrected chi connectivity index (χ2v) is 5.16. The van der Waals surface area contributed by atoms with Crippen molar-refractivity contribution in [3.8, 4) is 0 Å². The molecule has 0 saturated carbocycles. The lowest BCUT2D eigenvalue weighted by atomic mass is 10.0. The largest absolute Gasteiger partial charge is 0.339 e. The molecule has 0 atom stereocenters. The fourth-order valence-corrected chi connectivity index (χ4v) is 2.14. The minimum absolute atomic E-state index is 0.132. The molecular weight excluding hydrogens is 280 g/mol. The van der Waals surface area contributed by atoms with Crippen molar-refractivity contribution in [2.45, 2.75) is 12.8 Å². The van der Waals surface area contributed by atoms with Crippen LogP contribution in [0.25, 0.3) is 0 Å². The number of nitrogens with one attached hydrogen (secondary N) is 1. The molecule has 2 amide bonds. The van der Waals surface area contributed by atoms with Gasteiger partial charge in [0.25, 0.3) is 0 Å². The van der Waals surface area contributed by atoms with Crippen LogP contribution < -0.4 is 5.32 Å². The van der Waals surface area contributed by atoms with E-state index in [0.717, 1.165) is 5.69 Å². The lowest BCUT2D eigenvalue weighted by Crippen LogP contribution is -2.50.